The molecule has 1 N–H and O–H groups in total. The van der Waals surface area contributed by atoms with Gasteiger partial charge in [0.15, 0.2) is 11.5 Å². The summed E-state index contributed by atoms with van der Waals surface area (Å²) in [6.07, 6.45) is 1.28. The number of carboxylic acid groups (broad SMARTS) is 1. The highest BCUT2D eigenvalue weighted by molar-refractivity contribution is 5.96. The van der Waals surface area contributed by atoms with Gasteiger partial charge in [-0.05, 0) is 46.9 Å². The van der Waals surface area contributed by atoms with Crippen molar-refractivity contribution in [3.05, 3.63) is 59.2 Å². The number of nitrogens with zero attached hydrogens (tertiary/aromatic N) is 1. The molecule has 6 nitrogen and oxygen atoms in total. The Bertz CT molecular complexity index is 918. The minimum absolute atomic E-state index is 0.0870. The van der Waals surface area contributed by atoms with E-state index in [0.717, 1.165) is 5.75 Å². The number of hydrogen-bond donors (Lipinski definition) is 1. The number of methoxy groups -OCH3 is 1. The van der Waals surface area contributed by atoms with Gasteiger partial charge >= 0.3 is 5.97 Å². The zero-order valence-electron chi connectivity index (χ0n) is 17.1. The van der Waals surface area contributed by atoms with Gasteiger partial charge in [-0.3, -0.25) is 0 Å². The fourth-order valence-electron chi connectivity index (χ4n) is 2.57. The lowest BCUT2D eigenvalue weighted by Crippen LogP contribution is -2.12. The first-order valence-electron chi connectivity index (χ1n) is 9.14. The van der Waals surface area contributed by atoms with Crippen LogP contribution >= 0.6 is 0 Å². The van der Waals surface area contributed by atoms with Crippen LogP contribution in [0.15, 0.2) is 48.0 Å². The molecule has 2 aromatic carbocycles. The standard InChI is InChI=1S/C23H25NO5/c1-23(2,3)18-6-8-19(9-7-18)28-11-12-29-21-14-16(5-10-20(21)27-4)13-17(15-24)22(25)26/h5-10,13-14H,11-12H2,1-4H3,(H,25,26). The Balaban J connectivity index is 2.00. The molecule has 0 aliphatic heterocycles. The molecule has 0 fully saturated rings. The number of carboxylic acids is 1. The number of benzene rings is 2. The number of ether oxygens (including phenoxy) is 3. The SMILES string of the molecule is COc1ccc(C=C(C#N)C(=O)O)cc1OCCOc1ccc(C(C)(C)C)cc1. The van der Waals surface area contributed by atoms with Crippen molar-refractivity contribution in [3.63, 3.8) is 0 Å². The molecule has 0 aromatic heterocycles. The molecule has 0 bridgehead atoms. The van der Waals surface area contributed by atoms with Crippen molar-refractivity contribution in [2.45, 2.75) is 26.2 Å². The molecule has 0 saturated heterocycles. The van der Waals surface area contributed by atoms with Gasteiger partial charge in [0.2, 0.25) is 0 Å². The van der Waals surface area contributed by atoms with E-state index in [0.29, 0.717) is 23.7 Å². The highest BCUT2D eigenvalue weighted by Crippen LogP contribution is 2.29. The molecule has 0 saturated carbocycles. The summed E-state index contributed by atoms with van der Waals surface area (Å²) in [4.78, 5) is 11.0. The van der Waals surface area contributed by atoms with E-state index < -0.39 is 5.97 Å². The average molecular weight is 395 g/mol. The highest BCUT2D eigenvalue weighted by atomic mass is 16.5. The van der Waals surface area contributed by atoms with E-state index in [1.807, 2.05) is 24.3 Å². The average Bonchev–Trinajstić information content (AvgIpc) is 2.69. The Morgan fingerprint density at radius 1 is 1.07 bits per heavy atom. The molecule has 152 valence electrons. The van der Waals surface area contributed by atoms with E-state index in [4.69, 9.17) is 24.6 Å². The van der Waals surface area contributed by atoms with Crippen LogP contribution in [0.5, 0.6) is 17.2 Å². The quantitative estimate of drug-likeness (QED) is 0.404. The topological polar surface area (TPSA) is 88.8 Å². The van der Waals surface area contributed by atoms with Crippen LogP contribution in [0.2, 0.25) is 0 Å². The molecule has 2 aromatic rings. The second-order valence-electron chi connectivity index (χ2n) is 7.36. The maximum atomic E-state index is 11.0. The van der Waals surface area contributed by atoms with Crippen LogP contribution in [0.1, 0.15) is 31.9 Å². The Morgan fingerprint density at radius 2 is 1.72 bits per heavy atom. The van der Waals surface area contributed by atoms with Crippen LogP contribution in [0.25, 0.3) is 6.08 Å². The molecule has 2 rings (SSSR count). The van der Waals surface area contributed by atoms with E-state index in [1.165, 1.54) is 18.7 Å². The number of hydrogen-bond acceptors (Lipinski definition) is 5. The molecular formula is C23H25NO5. The second-order valence-corrected chi connectivity index (χ2v) is 7.36. The van der Waals surface area contributed by atoms with E-state index in [9.17, 15) is 4.79 Å². The molecular weight excluding hydrogens is 370 g/mol. The van der Waals surface area contributed by atoms with Crippen LogP contribution in [0.3, 0.4) is 0 Å². The smallest absolute Gasteiger partial charge is 0.346 e. The van der Waals surface area contributed by atoms with Crippen LogP contribution in [0.4, 0.5) is 0 Å². The van der Waals surface area contributed by atoms with Crippen LogP contribution in [0, 0.1) is 11.3 Å². The molecule has 0 amide bonds. The molecule has 0 aliphatic carbocycles. The van der Waals surface area contributed by atoms with Gasteiger partial charge in [0.1, 0.15) is 30.6 Å². The van der Waals surface area contributed by atoms with Gasteiger partial charge in [0.25, 0.3) is 0 Å². The van der Waals surface area contributed by atoms with Gasteiger partial charge in [-0.15, -0.1) is 0 Å². The fourth-order valence-corrected chi connectivity index (χ4v) is 2.57. The van der Waals surface area contributed by atoms with Gasteiger partial charge in [-0.25, -0.2) is 4.79 Å². The predicted octanol–water partition coefficient (Wildman–Crippen LogP) is 4.44. The Labute approximate surface area is 171 Å². The summed E-state index contributed by atoms with van der Waals surface area (Å²) in [5.74, 6) is 0.420. The van der Waals surface area contributed by atoms with Crippen molar-refractivity contribution in [2.75, 3.05) is 20.3 Å². The van der Waals surface area contributed by atoms with Crippen LogP contribution < -0.4 is 14.2 Å². The Kier molecular flexibility index (Phi) is 7.27. The molecule has 0 spiro atoms. The minimum atomic E-state index is -1.28. The molecule has 6 heteroatoms. The van der Waals surface area contributed by atoms with E-state index >= 15 is 0 Å². The summed E-state index contributed by atoms with van der Waals surface area (Å²) in [5, 5.41) is 17.9. The maximum absolute atomic E-state index is 11.0. The molecule has 0 atom stereocenters. The third kappa shape index (κ3) is 6.28. The third-order valence-corrected chi connectivity index (χ3v) is 4.18. The number of rotatable bonds is 8. The summed E-state index contributed by atoms with van der Waals surface area (Å²) < 4.78 is 16.7. The van der Waals surface area contributed by atoms with Crippen molar-refractivity contribution >= 4 is 12.0 Å². The zero-order valence-corrected chi connectivity index (χ0v) is 17.1. The van der Waals surface area contributed by atoms with Crippen LogP contribution in [-0.2, 0) is 10.2 Å². The first kappa shape index (κ1) is 21.8. The molecule has 0 heterocycles. The van der Waals surface area contributed by atoms with Crippen molar-refractivity contribution in [1.29, 1.82) is 5.26 Å². The van der Waals surface area contributed by atoms with Crippen molar-refractivity contribution in [3.8, 4) is 23.3 Å². The lowest BCUT2D eigenvalue weighted by Gasteiger charge is -2.19. The number of nitriles is 1. The van der Waals surface area contributed by atoms with Gasteiger partial charge < -0.3 is 19.3 Å². The lowest BCUT2D eigenvalue weighted by molar-refractivity contribution is -0.132. The van der Waals surface area contributed by atoms with Gasteiger partial charge in [0.05, 0.1) is 7.11 Å². The van der Waals surface area contributed by atoms with Gasteiger partial charge in [-0.1, -0.05) is 39.0 Å². The normalized spacial score (nSPS) is 11.5. The van der Waals surface area contributed by atoms with Crippen LogP contribution in [-0.4, -0.2) is 31.4 Å². The second kappa shape index (κ2) is 9.65. The summed E-state index contributed by atoms with van der Waals surface area (Å²) in [6.45, 7) is 7.07. The largest absolute Gasteiger partial charge is 0.493 e. The monoisotopic (exact) mass is 395 g/mol. The van der Waals surface area contributed by atoms with Crippen molar-refractivity contribution < 1.29 is 24.1 Å². The zero-order chi connectivity index (χ0) is 21.4. The molecule has 29 heavy (non-hydrogen) atoms. The lowest BCUT2D eigenvalue weighted by atomic mass is 9.87. The van der Waals surface area contributed by atoms with Crippen molar-refractivity contribution in [2.24, 2.45) is 0 Å². The van der Waals surface area contributed by atoms with E-state index in [-0.39, 0.29) is 17.6 Å². The fraction of sp³-hybridized carbons (Fsp3) is 0.304. The van der Waals surface area contributed by atoms with Gasteiger partial charge in [-0.2, -0.15) is 5.26 Å². The Morgan fingerprint density at radius 3 is 2.28 bits per heavy atom. The number of carbonyl (C=O) groups is 1. The third-order valence-electron chi connectivity index (χ3n) is 4.18. The molecule has 0 aliphatic rings. The molecule has 0 unspecified atom stereocenters. The first-order valence-corrected chi connectivity index (χ1v) is 9.14. The molecule has 0 radical (unpaired) electrons. The van der Waals surface area contributed by atoms with Crippen molar-refractivity contribution in [1.82, 2.24) is 0 Å². The summed E-state index contributed by atoms with van der Waals surface area (Å²) in [6, 6.07) is 14.5. The Hall–Kier alpha value is -3.46. The summed E-state index contributed by atoms with van der Waals surface area (Å²) >= 11 is 0. The van der Waals surface area contributed by atoms with E-state index in [1.54, 1.807) is 24.3 Å². The van der Waals surface area contributed by atoms with E-state index in [2.05, 4.69) is 20.8 Å². The minimum Gasteiger partial charge on any atom is -0.493 e. The number of aliphatic carboxylic acids is 1. The maximum Gasteiger partial charge on any atom is 0.346 e. The first-order chi connectivity index (χ1) is 13.7. The summed E-state index contributed by atoms with van der Waals surface area (Å²) in [5.41, 5.74) is 1.49. The predicted molar refractivity (Wildman–Crippen MR) is 110 cm³/mol. The highest BCUT2D eigenvalue weighted by Gasteiger charge is 2.13. The summed E-state index contributed by atoms with van der Waals surface area (Å²) in [7, 11) is 1.52. The van der Waals surface area contributed by atoms with Gasteiger partial charge in [0, 0.05) is 0 Å².